The van der Waals surface area contributed by atoms with Gasteiger partial charge in [0.1, 0.15) is 0 Å². The number of fused-ring (bicyclic) bond motifs is 15. The van der Waals surface area contributed by atoms with E-state index in [-0.39, 0.29) is 18.5 Å². The molecule has 15 aromatic rings. The number of para-hydroxylation sites is 1. The minimum absolute atomic E-state index is 0.196. The zero-order chi connectivity index (χ0) is 59.3. The Morgan fingerprint density at radius 2 is 0.789 bits per heavy atom. The summed E-state index contributed by atoms with van der Waals surface area (Å²) in [6.45, 7) is 0. The van der Waals surface area contributed by atoms with E-state index in [9.17, 15) is 0 Å². The van der Waals surface area contributed by atoms with E-state index in [1.807, 2.05) is 18.2 Å². The summed E-state index contributed by atoms with van der Waals surface area (Å²) in [5.41, 5.74) is 24.0. The van der Waals surface area contributed by atoms with Crippen molar-refractivity contribution in [2.75, 3.05) is 0 Å². The van der Waals surface area contributed by atoms with Gasteiger partial charge in [-0.3, -0.25) is 0 Å². The summed E-state index contributed by atoms with van der Waals surface area (Å²) in [4.78, 5) is 15.5. The summed E-state index contributed by atoms with van der Waals surface area (Å²) in [5.74, 6) is 1.84. The fourth-order valence-electron chi connectivity index (χ4n) is 14.8. The molecule has 424 valence electrons. The lowest BCUT2D eigenvalue weighted by atomic mass is 9.70. The first-order valence-electron chi connectivity index (χ1n) is 30.9. The predicted octanol–water partition coefficient (Wildman–Crippen LogP) is 19.8. The van der Waals surface area contributed by atoms with Crippen LogP contribution in [0.1, 0.15) is 57.4 Å². The van der Waals surface area contributed by atoms with Gasteiger partial charge in [-0.1, -0.05) is 290 Å². The number of nitrogens with one attached hydrogen (secondary N) is 2. The summed E-state index contributed by atoms with van der Waals surface area (Å²) >= 11 is 0. The Morgan fingerprint density at radius 1 is 0.311 bits per heavy atom. The van der Waals surface area contributed by atoms with Gasteiger partial charge in [0.25, 0.3) is 0 Å². The van der Waals surface area contributed by atoms with Gasteiger partial charge < -0.3 is 20.5 Å². The van der Waals surface area contributed by atoms with Gasteiger partial charge in [0.15, 0.2) is 17.5 Å². The van der Waals surface area contributed by atoms with E-state index in [1.54, 1.807) is 0 Å². The third-order valence-corrected chi connectivity index (χ3v) is 18.9. The zero-order valence-electron chi connectivity index (χ0n) is 48.9. The van der Waals surface area contributed by atoms with Crippen LogP contribution in [0.5, 0.6) is 0 Å². The first-order chi connectivity index (χ1) is 44.6. The Hall–Kier alpha value is -11.2. The molecule has 0 radical (unpaired) electrons. The van der Waals surface area contributed by atoms with E-state index in [0.29, 0.717) is 17.5 Å². The third-order valence-electron chi connectivity index (χ3n) is 18.9. The number of hydrogen-bond acceptors (Lipinski definition) is 5. The second kappa shape index (κ2) is 21.0. The lowest BCUT2D eigenvalue weighted by Gasteiger charge is -2.50. The number of benzene rings is 13. The van der Waals surface area contributed by atoms with Crippen LogP contribution in [0.25, 0.3) is 122 Å². The van der Waals surface area contributed by atoms with E-state index in [2.05, 4.69) is 306 Å². The van der Waals surface area contributed by atoms with Gasteiger partial charge in [0.05, 0.1) is 22.6 Å². The van der Waals surface area contributed by atoms with Crippen LogP contribution in [0.4, 0.5) is 0 Å². The Kier molecular flexibility index (Phi) is 12.1. The maximum Gasteiger partial charge on any atom is 0.164 e. The molecule has 18 rings (SSSR count). The molecule has 1 spiro atoms. The molecule has 3 atom stereocenters. The van der Waals surface area contributed by atoms with Gasteiger partial charge in [-0.25, -0.2) is 15.0 Å². The topological polar surface area (TPSA) is 81.8 Å². The molecule has 90 heavy (non-hydrogen) atoms. The van der Waals surface area contributed by atoms with Crippen LogP contribution in [0.3, 0.4) is 0 Å². The number of aromatic nitrogens is 4. The standard InChI is InChI=1S/C83H56N7/c1-3-20-54(21-4-1)77-85-80(57-41-45-63(46-42-57)90-75-36-16-12-32-69(75)70-48-43-53-19-7-8-28-64(53)76(70)90)88-81(86-77)61-27-18-26-60(50-61)59-25-17-24-58(49-59)52-37-39-56(40-38-52)79-84-78(55-22-5-2-6-23-55)87-82(89-79)62-44-47-68-67-31-11-15-35-73(67)83(74(68)51-62)71-33-13-9-29-65(71)66-30-10-14-34-72(66)83/h1-51,78-79,82,84,89H/q-1. The molecule has 7 heteroatoms. The molecule has 0 bridgehead atoms. The summed E-state index contributed by atoms with van der Waals surface area (Å²) < 4.78 is 2.39. The molecule has 1 aliphatic heterocycles. The van der Waals surface area contributed by atoms with Gasteiger partial charge in [0.2, 0.25) is 0 Å². The van der Waals surface area contributed by atoms with Crippen molar-refractivity contribution in [3.63, 3.8) is 0 Å². The van der Waals surface area contributed by atoms with Crippen LogP contribution in [-0.4, -0.2) is 19.5 Å². The lowest BCUT2D eigenvalue weighted by molar-refractivity contribution is 0.316. The highest BCUT2D eigenvalue weighted by molar-refractivity contribution is 6.18. The quantitative estimate of drug-likeness (QED) is 0.150. The van der Waals surface area contributed by atoms with Crippen LogP contribution in [0.2, 0.25) is 0 Å². The molecule has 13 aromatic carbocycles. The van der Waals surface area contributed by atoms with Gasteiger partial charge in [-0.05, 0) is 120 Å². The molecule has 2 aliphatic carbocycles. The van der Waals surface area contributed by atoms with Gasteiger partial charge in [-0.15, -0.1) is 0 Å². The van der Waals surface area contributed by atoms with Crippen molar-refractivity contribution in [3.05, 3.63) is 354 Å². The van der Waals surface area contributed by atoms with Crippen LogP contribution >= 0.6 is 0 Å². The van der Waals surface area contributed by atoms with Crippen molar-refractivity contribution in [2.24, 2.45) is 0 Å². The number of hydrogen-bond donors (Lipinski definition) is 2. The summed E-state index contributed by atoms with van der Waals surface area (Å²) in [7, 11) is 0. The highest BCUT2D eigenvalue weighted by Crippen LogP contribution is 2.63. The second-order valence-electron chi connectivity index (χ2n) is 23.9. The maximum absolute atomic E-state index is 5.54. The maximum atomic E-state index is 5.54. The van der Waals surface area contributed by atoms with Gasteiger partial charge in [0, 0.05) is 38.5 Å². The SMILES string of the molecule is c1ccc(-c2nc(-c3ccc(-n4c5ccccc5c5ccc6ccccc6c54)cc3)nc(-c3cccc(-c4cccc(-c5ccc(C6NC(c7ccccc7)[N-]C(c7ccc8c(c7)C7(c9ccccc9-c9ccccc97)c7ccccc7-8)N6)cc5)c4)c3)n2)cc1. The molecular formula is C83H56N7-. The van der Waals surface area contributed by atoms with Crippen LogP contribution in [0.15, 0.2) is 309 Å². The molecule has 1 fully saturated rings. The molecule has 2 aromatic heterocycles. The Labute approximate surface area is 521 Å². The smallest absolute Gasteiger partial charge is 0.164 e. The first-order valence-corrected chi connectivity index (χ1v) is 30.9. The fourth-order valence-corrected chi connectivity index (χ4v) is 14.8. The third kappa shape index (κ3) is 8.36. The first kappa shape index (κ1) is 52.0. The Balaban J connectivity index is 0.654. The van der Waals surface area contributed by atoms with E-state index < -0.39 is 5.41 Å². The average molecular weight is 1150 g/mol. The van der Waals surface area contributed by atoms with Crippen LogP contribution in [-0.2, 0) is 5.41 Å². The summed E-state index contributed by atoms with van der Waals surface area (Å²) in [6.07, 6.45) is -0.743. The van der Waals surface area contributed by atoms with E-state index in [1.165, 1.54) is 71.6 Å². The van der Waals surface area contributed by atoms with Crippen LogP contribution < -0.4 is 10.6 Å². The van der Waals surface area contributed by atoms with E-state index in [0.717, 1.165) is 66.8 Å². The summed E-state index contributed by atoms with van der Waals surface area (Å²) in [5, 5.41) is 18.3. The van der Waals surface area contributed by atoms with Crippen molar-refractivity contribution in [1.29, 1.82) is 0 Å². The molecular weight excluding hydrogens is 1090 g/mol. The highest BCUT2D eigenvalue weighted by Gasteiger charge is 2.51. The normalized spacial score (nSPS) is 16.1. The lowest BCUT2D eigenvalue weighted by Crippen LogP contribution is -2.44. The van der Waals surface area contributed by atoms with Crippen molar-refractivity contribution >= 4 is 32.6 Å². The van der Waals surface area contributed by atoms with Crippen LogP contribution in [0, 0.1) is 0 Å². The molecule has 3 aliphatic rings. The molecule has 1 saturated heterocycles. The predicted molar refractivity (Wildman–Crippen MR) is 366 cm³/mol. The molecule has 3 heterocycles. The van der Waals surface area contributed by atoms with Crippen molar-refractivity contribution in [1.82, 2.24) is 30.2 Å². The Morgan fingerprint density at radius 3 is 1.46 bits per heavy atom. The van der Waals surface area contributed by atoms with Crippen molar-refractivity contribution in [2.45, 2.75) is 23.9 Å². The fraction of sp³-hybridized carbons (Fsp3) is 0.0482. The number of nitrogens with zero attached hydrogens (tertiary/aromatic N) is 5. The van der Waals surface area contributed by atoms with E-state index in [4.69, 9.17) is 20.3 Å². The molecule has 2 N–H and O–H groups in total. The average Bonchev–Trinajstić information content (AvgIpc) is 1.52. The minimum atomic E-state index is -0.441. The minimum Gasteiger partial charge on any atom is -0.624 e. The molecule has 0 saturated carbocycles. The molecule has 3 unspecified atom stereocenters. The Bertz CT molecular complexity index is 5240. The van der Waals surface area contributed by atoms with Gasteiger partial charge in [-0.2, -0.15) is 0 Å². The zero-order valence-corrected chi connectivity index (χ0v) is 48.9. The molecule has 7 nitrogen and oxygen atoms in total. The van der Waals surface area contributed by atoms with Crippen molar-refractivity contribution in [3.8, 4) is 84.4 Å². The molecule has 0 amide bonds. The number of rotatable bonds is 9. The monoisotopic (exact) mass is 1150 g/mol. The second-order valence-corrected chi connectivity index (χ2v) is 23.9. The van der Waals surface area contributed by atoms with Gasteiger partial charge >= 0.3 is 0 Å². The summed E-state index contributed by atoms with van der Waals surface area (Å²) in [6, 6.07) is 112. The largest absolute Gasteiger partial charge is 0.624 e. The van der Waals surface area contributed by atoms with Crippen molar-refractivity contribution < 1.29 is 0 Å². The van der Waals surface area contributed by atoms with E-state index >= 15 is 0 Å². The highest BCUT2D eigenvalue weighted by atomic mass is 15.4.